The highest BCUT2D eigenvalue weighted by Crippen LogP contribution is 2.49. The van der Waals surface area contributed by atoms with Crippen LogP contribution < -0.4 is 5.32 Å². The van der Waals surface area contributed by atoms with E-state index in [-0.39, 0.29) is 16.7 Å². The number of nitrogens with one attached hydrogen (secondary N) is 1. The van der Waals surface area contributed by atoms with Crippen LogP contribution in [0.15, 0.2) is 59.1 Å². The van der Waals surface area contributed by atoms with Crippen molar-refractivity contribution in [3.8, 4) is 11.1 Å². The first kappa shape index (κ1) is 17.0. The quantitative estimate of drug-likeness (QED) is 0.591. The highest BCUT2D eigenvalue weighted by molar-refractivity contribution is 9.10. The maximum absolute atomic E-state index is 12.4. The van der Waals surface area contributed by atoms with E-state index in [1.807, 2.05) is 54.6 Å². The lowest BCUT2D eigenvalue weighted by Gasteiger charge is -2.24. The Morgan fingerprint density at radius 3 is 2.46 bits per heavy atom. The summed E-state index contributed by atoms with van der Waals surface area (Å²) in [4.78, 5) is 25.4. The maximum atomic E-state index is 12.4. The van der Waals surface area contributed by atoms with Crippen molar-refractivity contribution in [3.63, 3.8) is 0 Å². The van der Waals surface area contributed by atoms with Gasteiger partial charge in [0.2, 0.25) is 5.91 Å². The summed E-state index contributed by atoms with van der Waals surface area (Å²) in [6.45, 7) is 0. The minimum Gasteiger partial charge on any atom is -0.477 e. The Kier molecular flexibility index (Phi) is 4.38. The van der Waals surface area contributed by atoms with Crippen LogP contribution in [-0.4, -0.2) is 17.0 Å². The van der Waals surface area contributed by atoms with Crippen molar-refractivity contribution in [1.29, 1.82) is 0 Å². The van der Waals surface area contributed by atoms with Crippen LogP contribution in [0.5, 0.6) is 0 Å². The van der Waals surface area contributed by atoms with Gasteiger partial charge in [0.1, 0.15) is 4.88 Å². The number of carboxylic acid groups (broad SMARTS) is 1. The van der Waals surface area contributed by atoms with Crippen LogP contribution in [0.1, 0.15) is 32.5 Å². The van der Waals surface area contributed by atoms with Crippen LogP contribution in [0, 0.1) is 0 Å². The summed E-state index contributed by atoms with van der Waals surface area (Å²) < 4.78 is 0.962. The van der Waals surface area contributed by atoms with Gasteiger partial charge in [-0.2, -0.15) is 0 Å². The van der Waals surface area contributed by atoms with Crippen molar-refractivity contribution in [2.45, 2.75) is 12.3 Å². The average Bonchev–Trinajstić information content (AvgIpc) is 3.02. The van der Waals surface area contributed by atoms with Gasteiger partial charge in [-0.3, -0.25) is 4.79 Å². The summed E-state index contributed by atoms with van der Waals surface area (Å²) in [7, 11) is 0. The first-order chi connectivity index (χ1) is 12.5. The molecule has 0 radical (unpaired) electrons. The zero-order valence-electron chi connectivity index (χ0n) is 13.5. The molecule has 1 aliphatic heterocycles. The van der Waals surface area contributed by atoms with Crippen molar-refractivity contribution >= 4 is 44.8 Å². The van der Waals surface area contributed by atoms with Gasteiger partial charge in [0.25, 0.3) is 0 Å². The highest BCUT2D eigenvalue weighted by Gasteiger charge is 2.34. The number of rotatable bonds is 3. The third kappa shape index (κ3) is 2.95. The molecule has 1 unspecified atom stereocenters. The molecule has 4 nitrogen and oxygen atoms in total. The van der Waals surface area contributed by atoms with E-state index in [4.69, 9.17) is 0 Å². The van der Waals surface area contributed by atoms with E-state index in [1.54, 1.807) is 0 Å². The molecule has 26 heavy (non-hydrogen) atoms. The van der Waals surface area contributed by atoms with Crippen LogP contribution in [0.4, 0.5) is 5.69 Å². The van der Waals surface area contributed by atoms with Crippen molar-refractivity contribution < 1.29 is 14.7 Å². The Balaban J connectivity index is 1.93. The number of fused-ring (bicyclic) bond motifs is 1. The second-order valence-corrected chi connectivity index (χ2v) is 8.04. The smallest absolute Gasteiger partial charge is 0.346 e. The Morgan fingerprint density at radius 2 is 1.81 bits per heavy atom. The minimum atomic E-state index is -0.980. The fourth-order valence-corrected chi connectivity index (χ4v) is 4.79. The monoisotopic (exact) mass is 427 g/mol. The minimum absolute atomic E-state index is 0.0997. The van der Waals surface area contributed by atoms with Crippen molar-refractivity contribution in [3.05, 3.63) is 74.4 Å². The molecule has 2 N–H and O–H groups in total. The summed E-state index contributed by atoms with van der Waals surface area (Å²) in [5.41, 5.74) is 3.01. The Hall–Kier alpha value is -2.44. The van der Waals surface area contributed by atoms with E-state index < -0.39 is 5.97 Å². The second kappa shape index (κ2) is 6.70. The molecule has 1 aliphatic rings. The summed E-state index contributed by atoms with van der Waals surface area (Å²) in [5.74, 6) is -1.23. The molecule has 1 aromatic heterocycles. The number of amides is 1. The number of aromatic carboxylic acids is 1. The molecule has 0 spiro atoms. The number of thiophene rings is 1. The van der Waals surface area contributed by atoms with Crippen LogP contribution >= 0.6 is 27.3 Å². The number of hydrogen-bond acceptors (Lipinski definition) is 3. The first-order valence-corrected chi connectivity index (χ1v) is 9.66. The summed E-state index contributed by atoms with van der Waals surface area (Å²) in [6.07, 6.45) is 0.308. The third-order valence-corrected chi connectivity index (χ3v) is 6.26. The SMILES string of the molecule is O=C1CC(c2ccc(Br)cc2)c2sc(C(=O)O)c(-c3ccccc3)c2N1. The molecule has 2 aromatic carbocycles. The van der Waals surface area contributed by atoms with Crippen LogP contribution in [-0.2, 0) is 4.79 Å². The van der Waals surface area contributed by atoms with Crippen LogP contribution in [0.25, 0.3) is 11.1 Å². The van der Waals surface area contributed by atoms with Gasteiger partial charge >= 0.3 is 5.97 Å². The molecule has 0 saturated carbocycles. The number of carboxylic acids is 1. The lowest BCUT2D eigenvalue weighted by atomic mass is 9.89. The standard InChI is InChI=1S/C20H14BrNO3S/c21-13-8-6-11(7-9-13)14-10-15(23)22-17-16(12-4-2-1-3-5-12)19(20(24)25)26-18(14)17/h1-9,14H,10H2,(H,22,23)(H,24,25). The van der Waals surface area contributed by atoms with E-state index in [0.29, 0.717) is 17.7 Å². The summed E-state index contributed by atoms with van der Waals surface area (Å²) >= 11 is 4.67. The Bertz CT molecular complexity index is 996. The molecule has 1 amide bonds. The lowest BCUT2D eigenvalue weighted by Crippen LogP contribution is -2.22. The maximum Gasteiger partial charge on any atom is 0.346 e. The normalized spacial score (nSPS) is 16.0. The highest BCUT2D eigenvalue weighted by atomic mass is 79.9. The molecular formula is C20H14BrNO3S. The number of carbonyl (C=O) groups is 2. The van der Waals surface area contributed by atoms with E-state index in [0.717, 1.165) is 20.5 Å². The molecule has 0 fully saturated rings. The van der Waals surface area contributed by atoms with Gasteiger partial charge in [0, 0.05) is 27.3 Å². The number of benzene rings is 2. The van der Waals surface area contributed by atoms with Gasteiger partial charge < -0.3 is 10.4 Å². The zero-order valence-corrected chi connectivity index (χ0v) is 15.9. The zero-order chi connectivity index (χ0) is 18.3. The van der Waals surface area contributed by atoms with E-state index in [2.05, 4.69) is 21.2 Å². The van der Waals surface area contributed by atoms with E-state index >= 15 is 0 Å². The van der Waals surface area contributed by atoms with Gasteiger partial charge in [-0.05, 0) is 23.3 Å². The van der Waals surface area contributed by atoms with Gasteiger partial charge in [-0.15, -0.1) is 11.3 Å². The van der Waals surface area contributed by atoms with Crippen molar-refractivity contribution in [2.24, 2.45) is 0 Å². The largest absolute Gasteiger partial charge is 0.477 e. The second-order valence-electron chi connectivity index (χ2n) is 6.07. The van der Waals surface area contributed by atoms with Gasteiger partial charge in [-0.25, -0.2) is 4.79 Å². The third-order valence-electron chi connectivity index (χ3n) is 4.43. The number of anilines is 1. The predicted molar refractivity (Wildman–Crippen MR) is 106 cm³/mol. The van der Waals surface area contributed by atoms with Crippen LogP contribution in [0.3, 0.4) is 0 Å². The Morgan fingerprint density at radius 1 is 1.12 bits per heavy atom. The molecule has 0 saturated heterocycles. The lowest BCUT2D eigenvalue weighted by molar-refractivity contribution is -0.116. The van der Waals surface area contributed by atoms with Crippen molar-refractivity contribution in [1.82, 2.24) is 0 Å². The fourth-order valence-electron chi connectivity index (χ4n) is 3.28. The topological polar surface area (TPSA) is 66.4 Å². The summed E-state index contributed by atoms with van der Waals surface area (Å²) in [5, 5.41) is 12.6. The fraction of sp³-hybridized carbons (Fsp3) is 0.100. The van der Waals surface area contributed by atoms with Crippen LogP contribution in [0.2, 0.25) is 0 Å². The summed E-state index contributed by atoms with van der Waals surface area (Å²) in [6, 6.07) is 17.2. The number of carbonyl (C=O) groups excluding carboxylic acids is 1. The molecule has 1 atom stereocenters. The van der Waals surface area contributed by atoms with Gasteiger partial charge in [0.05, 0.1) is 5.69 Å². The molecule has 4 rings (SSSR count). The van der Waals surface area contributed by atoms with Crippen molar-refractivity contribution in [2.75, 3.05) is 5.32 Å². The average molecular weight is 428 g/mol. The molecule has 130 valence electrons. The molecule has 6 heteroatoms. The predicted octanol–water partition coefficient (Wildman–Crippen LogP) is 5.35. The number of hydrogen-bond donors (Lipinski definition) is 2. The molecule has 0 bridgehead atoms. The molecular weight excluding hydrogens is 414 g/mol. The molecule has 0 aliphatic carbocycles. The number of halogens is 1. The molecule has 2 heterocycles. The first-order valence-electron chi connectivity index (χ1n) is 8.05. The van der Waals surface area contributed by atoms with E-state index in [1.165, 1.54) is 11.3 Å². The Labute approximate surface area is 162 Å². The van der Waals surface area contributed by atoms with Gasteiger partial charge in [0.15, 0.2) is 0 Å². The molecule has 3 aromatic rings. The van der Waals surface area contributed by atoms with E-state index in [9.17, 15) is 14.7 Å². The van der Waals surface area contributed by atoms with Gasteiger partial charge in [-0.1, -0.05) is 58.4 Å².